The highest BCUT2D eigenvalue weighted by Gasteiger charge is 2.30. The van der Waals surface area contributed by atoms with Crippen LogP contribution in [0, 0.1) is 0 Å². The first-order valence-electron chi connectivity index (χ1n) is 16.1. The Morgan fingerprint density at radius 1 is 0.667 bits per heavy atom. The van der Waals surface area contributed by atoms with E-state index >= 15 is 0 Å². The fourth-order valence-electron chi connectivity index (χ4n) is 5.34. The van der Waals surface area contributed by atoms with Crippen LogP contribution in [-0.2, 0) is 26.8 Å². The van der Waals surface area contributed by atoms with Crippen molar-refractivity contribution in [3.8, 4) is 11.5 Å². The minimum absolute atomic E-state index is 0.0959. The molecule has 1 rings (SSSR count). The number of aryl methyl sites for hydroxylation is 1. The monoisotopic (exact) mass is 546 g/mol. The van der Waals surface area contributed by atoms with E-state index in [0.29, 0.717) is 24.2 Å². The average Bonchev–Trinajstić information content (AvgIpc) is 2.83. The van der Waals surface area contributed by atoms with Crippen LogP contribution in [0.2, 0.25) is 0 Å². The van der Waals surface area contributed by atoms with Gasteiger partial charge >= 0.3 is 5.97 Å². The molecule has 0 saturated heterocycles. The molecule has 0 radical (unpaired) electrons. The van der Waals surface area contributed by atoms with Crippen LogP contribution in [0.3, 0.4) is 0 Å². The molecule has 0 saturated carbocycles. The quantitative estimate of drug-likeness (QED) is 0.126. The van der Waals surface area contributed by atoms with Crippen LogP contribution in [0.5, 0.6) is 11.5 Å². The standard InChI is InChI=1S/C35H62O4/c1-8-9-10-11-12-13-14-15-16-17-18-19-20-21-22-23-26-39-30(36)25-24-28-27-29(34(2,3)4)33(38)31(32(28)37)35(5,6)7/h27,37-38H,8-26H2,1-7H3. The number of benzene rings is 1. The van der Waals surface area contributed by atoms with Crippen molar-refractivity contribution >= 4 is 5.97 Å². The predicted molar refractivity (Wildman–Crippen MR) is 166 cm³/mol. The normalized spacial score (nSPS) is 12.2. The van der Waals surface area contributed by atoms with Crippen molar-refractivity contribution in [2.24, 2.45) is 0 Å². The third-order valence-electron chi connectivity index (χ3n) is 7.77. The molecule has 0 aromatic heterocycles. The number of carbonyl (C=O) groups is 1. The van der Waals surface area contributed by atoms with E-state index in [0.717, 1.165) is 18.4 Å². The molecule has 0 bridgehead atoms. The SMILES string of the molecule is CCCCCCCCCCCCCCCCCCOC(=O)CCc1cc(C(C)(C)C)c(O)c(C(C)(C)C)c1O. The number of hydrogen-bond acceptors (Lipinski definition) is 4. The molecule has 4 heteroatoms. The summed E-state index contributed by atoms with van der Waals surface area (Å²) in [5.74, 6) is 0.0268. The van der Waals surface area contributed by atoms with Crippen molar-refractivity contribution in [2.75, 3.05) is 6.61 Å². The van der Waals surface area contributed by atoms with Gasteiger partial charge in [0, 0.05) is 17.5 Å². The van der Waals surface area contributed by atoms with Crippen LogP contribution in [-0.4, -0.2) is 22.8 Å². The maximum absolute atomic E-state index is 12.4. The highest BCUT2D eigenvalue weighted by Crippen LogP contribution is 2.45. The van der Waals surface area contributed by atoms with Crippen LogP contribution >= 0.6 is 0 Å². The van der Waals surface area contributed by atoms with Crippen LogP contribution in [0.25, 0.3) is 0 Å². The lowest BCUT2D eigenvalue weighted by Gasteiger charge is -2.29. The number of ether oxygens (including phenoxy) is 1. The van der Waals surface area contributed by atoms with E-state index in [1.165, 1.54) is 89.9 Å². The highest BCUT2D eigenvalue weighted by molar-refractivity contribution is 5.70. The van der Waals surface area contributed by atoms with Gasteiger partial charge in [-0.25, -0.2) is 0 Å². The molecule has 1 aromatic rings. The summed E-state index contributed by atoms with van der Waals surface area (Å²) in [6.07, 6.45) is 21.8. The fraction of sp³-hybridized carbons (Fsp3) is 0.800. The summed E-state index contributed by atoms with van der Waals surface area (Å²) in [5.41, 5.74) is 1.34. The Hall–Kier alpha value is -1.71. The molecule has 1 aromatic carbocycles. The van der Waals surface area contributed by atoms with Gasteiger partial charge in [-0.05, 0) is 35.3 Å². The van der Waals surface area contributed by atoms with Gasteiger partial charge in [-0.15, -0.1) is 0 Å². The number of phenolic OH excluding ortho intramolecular Hbond substituents is 2. The molecular formula is C35H62O4. The van der Waals surface area contributed by atoms with Crippen LogP contribution in [0.1, 0.15) is 174 Å². The lowest BCUT2D eigenvalue weighted by Crippen LogP contribution is -2.18. The zero-order valence-corrected chi connectivity index (χ0v) is 26.7. The zero-order valence-electron chi connectivity index (χ0n) is 26.7. The number of rotatable bonds is 20. The molecule has 0 spiro atoms. The highest BCUT2D eigenvalue weighted by atomic mass is 16.5. The summed E-state index contributed by atoms with van der Waals surface area (Å²) in [4.78, 5) is 12.4. The van der Waals surface area contributed by atoms with Crippen molar-refractivity contribution in [2.45, 2.75) is 175 Å². The van der Waals surface area contributed by atoms with Crippen molar-refractivity contribution in [3.63, 3.8) is 0 Å². The smallest absolute Gasteiger partial charge is 0.306 e. The second kappa shape index (κ2) is 18.6. The van der Waals surface area contributed by atoms with E-state index in [4.69, 9.17) is 4.74 Å². The maximum atomic E-state index is 12.4. The molecule has 39 heavy (non-hydrogen) atoms. The van der Waals surface area contributed by atoms with Gasteiger partial charge in [-0.2, -0.15) is 0 Å². The van der Waals surface area contributed by atoms with E-state index < -0.39 is 5.41 Å². The first-order valence-corrected chi connectivity index (χ1v) is 16.1. The van der Waals surface area contributed by atoms with E-state index in [1.807, 2.05) is 47.6 Å². The molecular weight excluding hydrogens is 484 g/mol. The predicted octanol–water partition coefficient (Wildman–Crippen LogP) is 10.4. The van der Waals surface area contributed by atoms with E-state index in [1.54, 1.807) is 0 Å². The summed E-state index contributed by atoms with van der Waals surface area (Å²) >= 11 is 0. The lowest BCUT2D eigenvalue weighted by molar-refractivity contribution is -0.143. The summed E-state index contributed by atoms with van der Waals surface area (Å²) in [6.45, 7) is 14.8. The van der Waals surface area contributed by atoms with Crippen molar-refractivity contribution < 1.29 is 19.7 Å². The largest absolute Gasteiger partial charge is 0.507 e. The van der Waals surface area contributed by atoms with E-state index in [9.17, 15) is 15.0 Å². The number of esters is 1. The lowest BCUT2D eigenvalue weighted by atomic mass is 9.77. The first kappa shape index (κ1) is 35.3. The third kappa shape index (κ3) is 14.5. The van der Waals surface area contributed by atoms with Gasteiger partial charge in [-0.3, -0.25) is 4.79 Å². The van der Waals surface area contributed by atoms with Gasteiger partial charge in [0.2, 0.25) is 0 Å². The van der Waals surface area contributed by atoms with Gasteiger partial charge in [0.25, 0.3) is 0 Å². The summed E-state index contributed by atoms with van der Waals surface area (Å²) < 4.78 is 5.47. The second-order valence-corrected chi connectivity index (χ2v) is 13.7. The van der Waals surface area contributed by atoms with Crippen molar-refractivity contribution in [1.29, 1.82) is 0 Å². The van der Waals surface area contributed by atoms with E-state index in [2.05, 4.69) is 6.92 Å². The molecule has 0 atom stereocenters. The first-order chi connectivity index (χ1) is 18.4. The van der Waals surface area contributed by atoms with Crippen LogP contribution in [0.15, 0.2) is 6.07 Å². The van der Waals surface area contributed by atoms with Crippen LogP contribution < -0.4 is 0 Å². The van der Waals surface area contributed by atoms with Gasteiger partial charge in [-0.1, -0.05) is 145 Å². The molecule has 0 aliphatic heterocycles. The molecule has 0 amide bonds. The Morgan fingerprint density at radius 3 is 1.51 bits per heavy atom. The maximum Gasteiger partial charge on any atom is 0.306 e. The molecule has 0 aliphatic carbocycles. The number of aromatic hydroxyl groups is 2. The Balaban J connectivity index is 2.20. The number of carbonyl (C=O) groups excluding carboxylic acids is 1. The Labute approximate surface area is 241 Å². The number of phenols is 2. The molecule has 2 N–H and O–H groups in total. The summed E-state index contributed by atoms with van der Waals surface area (Å²) in [5, 5.41) is 21.8. The Kier molecular flexibility index (Phi) is 16.8. The summed E-state index contributed by atoms with van der Waals surface area (Å²) in [6, 6.07) is 1.85. The molecule has 0 aliphatic rings. The average molecular weight is 547 g/mol. The second-order valence-electron chi connectivity index (χ2n) is 13.7. The molecule has 0 unspecified atom stereocenters. The van der Waals surface area contributed by atoms with E-state index in [-0.39, 0.29) is 29.3 Å². The van der Waals surface area contributed by atoms with Gasteiger partial charge in [0.15, 0.2) is 0 Å². The van der Waals surface area contributed by atoms with Crippen molar-refractivity contribution in [3.05, 3.63) is 22.8 Å². The Bertz CT molecular complexity index is 813. The fourth-order valence-corrected chi connectivity index (χ4v) is 5.34. The Morgan fingerprint density at radius 2 is 1.10 bits per heavy atom. The minimum atomic E-state index is -0.419. The van der Waals surface area contributed by atoms with Crippen molar-refractivity contribution in [1.82, 2.24) is 0 Å². The molecule has 0 fully saturated rings. The van der Waals surface area contributed by atoms with Gasteiger partial charge < -0.3 is 14.9 Å². The zero-order chi connectivity index (χ0) is 29.3. The van der Waals surface area contributed by atoms with Gasteiger partial charge in [0.05, 0.1) is 6.61 Å². The molecule has 0 heterocycles. The topological polar surface area (TPSA) is 66.8 Å². The third-order valence-corrected chi connectivity index (χ3v) is 7.77. The summed E-state index contributed by atoms with van der Waals surface area (Å²) in [7, 11) is 0. The molecule has 4 nitrogen and oxygen atoms in total. The molecule has 226 valence electrons. The van der Waals surface area contributed by atoms with Crippen LogP contribution in [0.4, 0.5) is 0 Å². The van der Waals surface area contributed by atoms with Gasteiger partial charge in [0.1, 0.15) is 11.5 Å². The number of hydrogen-bond donors (Lipinski definition) is 2. The minimum Gasteiger partial charge on any atom is -0.507 e. The number of unbranched alkanes of at least 4 members (excludes halogenated alkanes) is 15.